The highest BCUT2D eigenvalue weighted by Crippen LogP contribution is 2.22. The Morgan fingerprint density at radius 3 is 2.54 bits per heavy atom. The van der Waals surface area contributed by atoms with Gasteiger partial charge in [0.25, 0.3) is 11.8 Å². The minimum absolute atomic E-state index is 0.0720. The molecule has 1 heterocycles. The van der Waals surface area contributed by atoms with E-state index < -0.39 is 17.6 Å². The molecule has 6 heteroatoms. The van der Waals surface area contributed by atoms with Gasteiger partial charge in [-0.05, 0) is 48.7 Å². The van der Waals surface area contributed by atoms with E-state index in [1.165, 1.54) is 36.5 Å². The number of hydrogen-bond acceptors (Lipinski definition) is 3. The number of nitrogens with zero attached hydrogens (tertiary/aromatic N) is 1. The number of pyridine rings is 1. The van der Waals surface area contributed by atoms with Crippen LogP contribution in [-0.2, 0) is 6.42 Å². The van der Waals surface area contributed by atoms with Crippen molar-refractivity contribution >= 4 is 23.2 Å². The summed E-state index contributed by atoms with van der Waals surface area (Å²) in [6, 6.07) is 14.5. The molecule has 0 aliphatic rings. The maximum Gasteiger partial charge on any atom is 0.274 e. The zero-order chi connectivity index (χ0) is 20.1. The molecule has 2 amide bonds. The zero-order valence-corrected chi connectivity index (χ0v) is 15.6. The van der Waals surface area contributed by atoms with Crippen LogP contribution in [0.4, 0.5) is 15.8 Å². The van der Waals surface area contributed by atoms with Crippen molar-refractivity contribution < 1.29 is 14.0 Å². The van der Waals surface area contributed by atoms with Gasteiger partial charge in [0.05, 0.1) is 5.69 Å². The summed E-state index contributed by atoms with van der Waals surface area (Å²) in [5, 5.41) is 5.37. The van der Waals surface area contributed by atoms with Gasteiger partial charge in [-0.25, -0.2) is 4.39 Å². The van der Waals surface area contributed by atoms with Gasteiger partial charge < -0.3 is 10.6 Å². The smallest absolute Gasteiger partial charge is 0.274 e. The van der Waals surface area contributed by atoms with Gasteiger partial charge in [-0.1, -0.05) is 37.3 Å². The van der Waals surface area contributed by atoms with Crippen molar-refractivity contribution in [3.63, 3.8) is 0 Å². The molecule has 5 nitrogen and oxygen atoms in total. The van der Waals surface area contributed by atoms with Crippen molar-refractivity contribution in [1.82, 2.24) is 4.98 Å². The summed E-state index contributed by atoms with van der Waals surface area (Å²) in [6.45, 7) is 3.93. The first-order valence-corrected chi connectivity index (χ1v) is 8.91. The summed E-state index contributed by atoms with van der Waals surface area (Å²) < 4.78 is 13.7. The molecule has 0 saturated heterocycles. The lowest BCUT2D eigenvalue weighted by atomic mass is 10.1. The Labute approximate surface area is 162 Å². The quantitative estimate of drug-likeness (QED) is 0.683. The van der Waals surface area contributed by atoms with E-state index in [0.29, 0.717) is 0 Å². The Kier molecular flexibility index (Phi) is 5.79. The number of benzene rings is 2. The van der Waals surface area contributed by atoms with E-state index in [9.17, 15) is 14.0 Å². The molecule has 0 bridgehead atoms. The normalized spacial score (nSPS) is 10.4. The number of amides is 2. The van der Waals surface area contributed by atoms with Crippen LogP contribution >= 0.6 is 0 Å². The number of para-hydroxylation sites is 2. The highest BCUT2D eigenvalue weighted by atomic mass is 19.1. The molecule has 0 aliphatic heterocycles. The second kappa shape index (κ2) is 8.43. The third-order valence-electron chi connectivity index (χ3n) is 4.36. The Balaban J connectivity index is 1.80. The van der Waals surface area contributed by atoms with Crippen molar-refractivity contribution in [2.45, 2.75) is 20.3 Å². The summed E-state index contributed by atoms with van der Waals surface area (Å²) >= 11 is 0. The van der Waals surface area contributed by atoms with Gasteiger partial charge >= 0.3 is 0 Å². The van der Waals surface area contributed by atoms with Gasteiger partial charge in [0, 0.05) is 17.4 Å². The van der Waals surface area contributed by atoms with Crippen molar-refractivity contribution in [3.8, 4) is 0 Å². The van der Waals surface area contributed by atoms with Gasteiger partial charge in [0.2, 0.25) is 0 Å². The van der Waals surface area contributed by atoms with Gasteiger partial charge in [-0.2, -0.15) is 0 Å². The molecule has 0 radical (unpaired) electrons. The molecular formula is C22H20FN3O2. The van der Waals surface area contributed by atoms with Crippen molar-refractivity contribution in [1.29, 1.82) is 0 Å². The molecule has 0 fully saturated rings. The third-order valence-corrected chi connectivity index (χ3v) is 4.36. The molecule has 28 heavy (non-hydrogen) atoms. The molecule has 1 aromatic heterocycles. The third kappa shape index (κ3) is 4.23. The number of rotatable bonds is 5. The van der Waals surface area contributed by atoms with Gasteiger partial charge in [-0.15, -0.1) is 0 Å². The first-order chi connectivity index (χ1) is 13.5. The van der Waals surface area contributed by atoms with Crippen LogP contribution in [0.1, 0.15) is 38.9 Å². The first-order valence-electron chi connectivity index (χ1n) is 8.91. The average molecular weight is 377 g/mol. The van der Waals surface area contributed by atoms with Crippen LogP contribution in [0.5, 0.6) is 0 Å². The predicted molar refractivity (Wildman–Crippen MR) is 107 cm³/mol. The molecule has 2 N–H and O–H groups in total. The van der Waals surface area contributed by atoms with Crippen molar-refractivity contribution in [2.75, 3.05) is 10.6 Å². The minimum Gasteiger partial charge on any atom is -0.320 e. The van der Waals surface area contributed by atoms with Crippen LogP contribution < -0.4 is 10.6 Å². The van der Waals surface area contributed by atoms with Crippen LogP contribution in [0.3, 0.4) is 0 Å². The molecular weight excluding hydrogens is 357 g/mol. The van der Waals surface area contributed by atoms with Crippen molar-refractivity contribution in [3.05, 3.63) is 89.0 Å². The molecule has 0 unspecified atom stereocenters. The summed E-state index contributed by atoms with van der Waals surface area (Å²) in [4.78, 5) is 29.1. The van der Waals surface area contributed by atoms with Crippen LogP contribution in [0, 0.1) is 12.7 Å². The SMILES string of the molecule is CCc1cccc(C)c1NC(=O)c1cc(C(=O)Nc2ccccc2F)ccn1. The fraction of sp³-hybridized carbons (Fsp3) is 0.136. The average Bonchev–Trinajstić information content (AvgIpc) is 2.71. The molecule has 2 aromatic carbocycles. The van der Waals surface area contributed by atoms with Crippen molar-refractivity contribution in [2.24, 2.45) is 0 Å². The van der Waals surface area contributed by atoms with E-state index in [2.05, 4.69) is 15.6 Å². The fourth-order valence-electron chi connectivity index (χ4n) is 2.83. The molecule has 0 saturated carbocycles. The standard InChI is InChI=1S/C22H20FN3O2/c1-3-15-8-6-7-14(2)20(15)26-22(28)19-13-16(11-12-24-19)21(27)25-18-10-5-4-9-17(18)23/h4-13H,3H2,1-2H3,(H,25,27)(H,26,28). The Hall–Kier alpha value is -3.54. The number of aryl methyl sites for hydroxylation is 2. The molecule has 0 aliphatic carbocycles. The summed E-state index contributed by atoms with van der Waals surface area (Å²) in [7, 11) is 0. The monoisotopic (exact) mass is 377 g/mol. The highest BCUT2D eigenvalue weighted by molar-refractivity contribution is 6.08. The van der Waals surface area contributed by atoms with Gasteiger partial charge in [-0.3, -0.25) is 14.6 Å². The molecule has 3 rings (SSSR count). The van der Waals surface area contributed by atoms with Crippen LogP contribution in [0.25, 0.3) is 0 Å². The Morgan fingerprint density at radius 2 is 1.79 bits per heavy atom. The molecule has 142 valence electrons. The number of halogens is 1. The van der Waals surface area contributed by atoms with Crippen LogP contribution in [0.2, 0.25) is 0 Å². The largest absolute Gasteiger partial charge is 0.320 e. The van der Waals surface area contributed by atoms with E-state index >= 15 is 0 Å². The highest BCUT2D eigenvalue weighted by Gasteiger charge is 2.15. The number of carbonyl (C=O) groups excluding carboxylic acids is 2. The van der Waals surface area contributed by atoms with Gasteiger partial charge in [0.1, 0.15) is 11.5 Å². The predicted octanol–water partition coefficient (Wildman–Crippen LogP) is 4.60. The van der Waals surface area contributed by atoms with E-state index in [1.807, 2.05) is 32.0 Å². The number of nitrogens with one attached hydrogen (secondary N) is 2. The molecule has 3 aromatic rings. The second-order valence-electron chi connectivity index (χ2n) is 6.28. The lowest BCUT2D eigenvalue weighted by Gasteiger charge is -2.13. The van der Waals surface area contributed by atoms with Crippen LogP contribution in [0.15, 0.2) is 60.8 Å². The number of hydrogen-bond donors (Lipinski definition) is 2. The summed E-state index contributed by atoms with van der Waals surface area (Å²) in [5.74, 6) is -1.47. The van der Waals surface area contributed by atoms with Crippen LogP contribution in [-0.4, -0.2) is 16.8 Å². The van der Waals surface area contributed by atoms with E-state index in [-0.39, 0.29) is 16.9 Å². The first kappa shape index (κ1) is 19.2. The maximum absolute atomic E-state index is 13.7. The minimum atomic E-state index is -0.533. The lowest BCUT2D eigenvalue weighted by Crippen LogP contribution is -2.18. The summed E-state index contributed by atoms with van der Waals surface area (Å²) in [5.41, 5.74) is 3.10. The van der Waals surface area contributed by atoms with E-state index in [4.69, 9.17) is 0 Å². The zero-order valence-electron chi connectivity index (χ0n) is 15.6. The topological polar surface area (TPSA) is 71.1 Å². The van der Waals surface area contributed by atoms with E-state index in [1.54, 1.807) is 6.07 Å². The lowest BCUT2D eigenvalue weighted by molar-refractivity contribution is 0.102. The second-order valence-corrected chi connectivity index (χ2v) is 6.28. The number of carbonyl (C=O) groups is 2. The maximum atomic E-state index is 13.7. The Morgan fingerprint density at radius 1 is 1.00 bits per heavy atom. The number of aromatic nitrogens is 1. The van der Waals surface area contributed by atoms with Gasteiger partial charge in [0.15, 0.2) is 0 Å². The Bertz CT molecular complexity index is 1030. The van der Waals surface area contributed by atoms with E-state index in [0.717, 1.165) is 23.2 Å². The molecule has 0 atom stereocenters. The fourth-order valence-corrected chi connectivity index (χ4v) is 2.83. The summed E-state index contributed by atoms with van der Waals surface area (Å²) in [6.07, 6.45) is 2.15. The molecule has 0 spiro atoms. The number of anilines is 2.